The van der Waals surface area contributed by atoms with E-state index in [-0.39, 0.29) is 6.10 Å². The van der Waals surface area contributed by atoms with Gasteiger partial charge in [-0.15, -0.1) is 0 Å². The number of ether oxygens (including phenoxy) is 1. The van der Waals surface area contributed by atoms with Crippen LogP contribution in [0.15, 0.2) is 11.6 Å². The smallest absolute Gasteiger partial charge is 0.0543 e. The van der Waals surface area contributed by atoms with E-state index in [1.807, 2.05) is 7.11 Å². The molecule has 2 heteroatoms. The zero-order valence-corrected chi connectivity index (χ0v) is 15.9. The Morgan fingerprint density at radius 1 is 1.12 bits per heavy atom. The number of aliphatic hydroxyl groups is 1. The van der Waals surface area contributed by atoms with Gasteiger partial charge in [0, 0.05) is 7.11 Å². The predicted molar refractivity (Wildman–Crippen MR) is 97.7 cm³/mol. The fraction of sp³-hybridized carbons (Fsp3) is 0.909. The van der Waals surface area contributed by atoms with Crippen molar-refractivity contribution in [3.05, 3.63) is 11.6 Å². The lowest BCUT2D eigenvalue weighted by Gasteiger charge is -2.61. The van der Waals surface area contributed by atoms with E-state index in [2.05, 4.69) is 19.9 Å². The van der Waals surface area contributed by atoms with Gasteiger partial charge in [0.25, 0.3) is 0 Å². The normalized spacial score (nSPS) is 52.7. The Balaban J connectivity index is 1.66. The molecule has 1 N–H and O–H groups in total. The molecule has 0 aromatic heterocycles. The molecule has 0 radical (unpaired) electrons. The SMILES string of the molecule is C/C=C1/CC[C@H]2[C@@H]3CC[C@H]4C[C@H](O)CC[C@]4(COC)[C@H]3CC[C@]12C. The van der Waals surface area contributed by atoms with Crippen molar-refractivity contribution in [3.63, 3.8) is 0 Å². The van der Waals surface area contributed by atoms with Gasteiger partial charge >= 0.3 is 0 Å². The standard InChI is InChI=1S/C22H36O2/c1-4-15-6-8-19-18-7-5-16-13-17(23)9-12-22(16,14-24-3)20(18)10-11-21(15,19)2/h4,16-20,23H,5-14H2,1-3H3/b15-4-/t16-,17+,18-,19-,20-,21+,22+/m0/s1. The maximum atomic E-state index is 10.2. The first-order valence-electron chi connectivity index (χ1n) is 10.4. The molecule has 136 valence electrons. The monoisotopic (exact) mass is 332 g/mol. The van der Waals surface area contributed by atoms with Crippen LogP contribution in [0, 0.1) is 34.5 Å². The van der Waals surface area contributed by atoms with E-state index in [9.17, 15) is 5.11 Å². The highest BCUT2D eigenvalue weighted by Gasteiger charge is 2.60. The number of methoxy groups -OCH3 is 1. The number of allylic oxidation sites excluding steroid dienone is 2. The van der Waals surface area contributed by atoms with Crippen LogP contribution in [-0.4, -0.2) is 24.9 Å². The van der Waals surface area contributed by atoms with Crippen molar-refractivity contribution in [1.29, 1.82) is 0 Å². The van der Waals surface area contributed by atoms with Gasteiger partial charge in [0.15, 0.2) is 0 Å². The summed E-state index contributed by atoms with van der Waals surface area (Å²) in [7, 11) is 1.89. The van der Waals surface area contributed by atoms with Crippen LogP contribution in [0.5, 0.6) is 0 Å². The summed E-state index contributed by atoms with van der Waals surface area (Å²) >= 11 is 0. The summed E-state index contributed by atoms with van der Waals surface area (Å²) in [4.78, 5) is 0. The summed E-state index contributed by atoms with van der Waals surface area (Å²) in [6.45, 7) is 5.74. The van der Waals surface area contributed by atoms with Crippen molar-refractivity contribution < 1.29 is 9.84 Å². The van der Waals surface area contributed by atoms with Crippen molar-refractivity contribution in [2.24, 2.45) is 34.5 Å². The average Bonchev–Trinajstić information content (AvgIpc) is 2.92. The Morgan fingerprint density at radius 3 is 2.71 bits per heavy atom. The molecule has 24 heavy (non-hydrogen) atoms. The van der Waals surface area contributed by atoms with Crippen LogP contribution in [0.25, 0.3) is 0 Å². The molecule has 4 aliphatic carbocycles. The molecule has 4 saturated carbocycles. The van der Waals surface area contributed by atoms with E-state index in [0.717, 1.165) is 37.2 Å². The summed E-state index contributed by atoms with van der Waals surface area (Å²) in [5.74, 6) is 3.30. The molecule has 0 amide bonds. The largest absolute Gasteiger partial charge is 0.393 e. The summed E-state index contributed by atoms with van der Waals surface area (Å²) in [6.07, 6.45) is 13.8. The number of hydrogen-bond donors (Lipinski definition) is 1. The second-order valence-corrected chi connectivity index (χ2v) is 9.55. The molecule has 0 bridgehead atoms. The molecule has 7 atom stereocenters. The van der Waals surface area contributed by atoms with Crippen molar-refractivity contribution in [1.82, 2.24) is 0 Å². The minimum absolute atomic E-state index is 0.0634. The number of fused-ring (bicyclic) bond motifs is 5. The summed E-state index contributed by atoms with van der Waals surface area (Å²) in [6, 6.07) is 0. The first-order chi connectivity index (χ1) is 11.5. The van der Waals surface area contributed by atoms with Crippen LogP contribution in [-0.2, 0) is 4.74 Å². The average molecular weight is 333 g/mol. The fourth-order valence-corrected chi connectivity index (χ4v) is 7.90. The zero-order chi connectivity index (χ0) is 16.9. The molecule has 4 fully saturated rings. The van der Waals surface area contributed by atoms with Crippen LogP contribution >= 0.6 is 0 Å². The van der Waals surface area contributed by atoms with Crippen molar-refractivity contribution in [3.8, 4) is 0 Å². The van der Waals surface area contributed by atoms with E-state index in [0.29, 0.717) is 16.7 Å². The van der Waals surface area contributed by atoms with Gasteiger partial charge in [0.05, 0.1) is 12.7 Å². The molecule has 0 saturated heterocycles. The fourth-order valence-electron chi connectivity index (χ4n) is 7.90. The van der Waals surface area contributed by atoms with Crippen molar-refractivity contribution in [2.45, 2.75) is 77.7 Å². The summed E-state index contributed by atoms with van der Waals surface area (Å²) in [5, 5.41) is 10.2. The first-order valence-corrected chi connectivity index (χ1v) is 10.4. The van der Waals surface area contributed by atoms with Crippen LogP contribution in [0.2, 0.25) is 0 Å². The van der Waals surface area contributed by atoms with E-state index in [4.69, 9.17) is 4.74 Å². The van der Waals surface area contributed by atoms with Gasteiger partial charge in [-0.3, -0.25) is 0 Å². The highest BCUT2D eigenvalue weighted by atomic mass is 16.5. The van der Waals surface area contributed by atoms with Gasteiger partial charge in [-0.2, -0.15) is 0 Å². The maximum Gasteiger partial charge on any atom is 0.0543 e. The quantitative estimate of drug-likeness (QED) is 0.724. The van der Waals surface area contributed by atoms with E-state index < -0.39 is 0 Å². The third-order valence-electron chi connectivity index (χ3n) is 8.95. The topological polar surface area (TPSA) is 29.5 Å². The molecule has 0 aromatic carbocycles. The van der Waals surface area contributed by atoms with Crippen molar-refractivity contribution in [2.75, 3.05) is 13.7 Å². The minimum atomic E-state index is -0.0634. The Labute approximate surface area is 148 Å². The molecule has 0 aromatic rings. The van der Waals surface area contributed by atoms with Crippen LogP contribution in [0.4, 0.5) is 0 Å². The zero-order valence-electron chi connectivity index (χ0n) is 15.9. The first kappa shape index (κ1) is 17.1. The van der Waals surface area contributed by atoms with Gasteiger partial charge in [-0.25, -0.2) is 0 Å². The second-order valence-electron chi connectivity index (χ2n) is 9.55. The Hall–Kier alpha value is -0.340. The molecule has 2 nitrogen and oxygen atoms in total. The molecule has 0 unspecified atom stereocenters. The number of rotatable bonds is 2. The van der Waals surface area contributed by atoms with Gasteiger partial charge in [-0.05, 0) is 99.2 Å². The van der Waals surface area contributed by atoms with Gasteiger partial charge in [-0.1, -0.05) is 18.6 Å². The van der Waals surface area contributed by atoms with Crippen LogP contribution in [0.3, 0.4) is 0 Å². The van der Waals surface area contributed by atoms with E-state index in [1.54, 1.807) is 5.57 Å². The van der Waals surface area contributed by atoms with Crippen LogP contribution < -0.4 is 0 Å². The molecular formula is C22H36O2. The van der Waals surface area contributed by atoms with Gasteiger partial charge in [0.2, 0.25) is 0 Å². The maximum absolute atomic E-state index is 10.2. The molecule has 0 aliphatic heterocycles. The highest BCUT2D eigenvalue weighted by molar-refractivity contribution is 5.23. The summed E-state index contributed by atoms with van der Waals surface area (Å²) < 4.78 is 5.81. The molecular weight excluding hydrogens is 296 g/mol. The minimum Gasteiger partial charge on any atom is -0.393 e. The third-order valence-corrected chi connectivity index (χ3v) is 8.95. The molecule has 4 aliphatic rings. The lowest BCUT2D eigenvalue weighted by Crippen LogP contribution is -2.56. The second kappa shape index (κ2) is 6.13. The Kier molecular flexibility index (Phi) is 4.36. The van der Waals surface area contributed by atoms with E-state index in [1.165, 1.54) is 44.9 Å². The van der Waals surface area contributed by atoms with Crippen LogP contribution in [0.1, 0.15) is 71.6 Å². The van der Waals surface area contributed by atoms with Gasteiger partial charge in [0.1, 0.15) is 0 Å². The lowest BCUT2D eigenvalue weighted by atomic mass is 9.44. The number of hydrogen-bond acceptors (Lipinski definition) is 2. The highest BCUT2D eigenvalue weighted by Crippen LogP contribution is 2.67. The number of aliphatic hydroxyl groups excluding tert-OH is 1. The molecule has 4 rings (SSSR count). The Morgan fingerprint density at radius 2 is 1.96 bits per heavy atom. The van der Waals surface area contributed by atoms with E-state index >= 15 is 0 Å². The summed E-state index contributed by atoms with van der Waals surface area (Å²) in [5.41, 5.74) is 2.58. The van der Waals surface area contributed by atoms with Crippen molar-refractivity contribution >= 4 is 0 Å². The predicted octanol–water partition coefficient (Wildman–Crippen LogP) is 4.96. The lowest BCUT2D eigenvalue weighted by molar-refractivity contribution is -0.151. The molecule has 0 spiro atoms. The molecule has 0 heterocycles. The third kappa shape index (κ3) is 2.28. The Bertz CT molecular complexity index is 512. The van der Waals surface area contributed by atoms with Gasteiger partial charge < -0.3 is 9.84 Å².